The Morgan fingerprint density at radius 3 is 2.72 bits per heavy atom. The van der Waals surface area contributed by atoms with Gasteiger partial charge in [-0.1, -0.05) is 18.2 Å². The number of pyridine rings is 1. The second kappa shape index (κ2) is 7.81. The number of phenolic OH excluding ortho intramolecular Hbond substituents is 2. The average molecular weight is 387 g/mol. The molecule has 4 aromatic rings. The quantitative estimate of drug-likeness (QED) is 0.360. The fraction of sp³-hybridized carbons (Fsp3) is 0.0476. The highest BCUT2D eigenvalue weighted by Crippen LogP contribution is 2.23. The number of nitrogens with zero attached hydrogens (tertiary/aromatic N) is 4. The van der Waals surface area contributed by atoms with Crippen LogP contribution in [0.4, 0.5) is 0 Å². The monoisotopic (exact) mass is 387 g/mol. The van der Waals surface area contributed by atoms with Gasteiger partial charge in [0.2, 0.25) is 0 Å². The van der Waals surface area contributed by atoms with Gasteiger partial charge in [-0.25, -0.2) is 10.4 Å². The highest BCUT2D eigenvalue weighted by atomic mass is 16.3. The van der Waals surface area contributed by atoms with Crippen LogP contribution in [0.25, 0.3) is 22.6 Å². The summed E-state index contributed by atoms with van der Waals surface area (Å²) >= 11 is 0. The molecule has 4 rings (SSSR count). The van der Waals surface area contributed by atoms with Crippen LogP contribution in [-0.2, 0) is 11.3 Å². The van der Waals surface area contributed by atoms with Crippen LogP contribution in [0, 0.1) is 0 Å². The molecule has 2 heterocycles. The number of phenols is 2. The molecule has 2 aromatic heterocycles. The van der Waals surface area contributed by atoms with Crippen molar-refractivity contribution in [3.05, 3.63) is 72.4 Å². The van der Waals surface area contributed by atoms with Crippen LogP contribution in [0.3, 0.4) is 0 Å². The average Bonchev–Trinajstić information content (AvgIpc) is 3.09. The van der Waals surface area contributed by atoms with E-state index in [1.54, 1.807) is 10.8 Å². The molecule has 1 amide bonds. The SMILES string of the molecule is O=C(Cn1c(-c2ccccn2)nc2ccccc21)N/N=C\c1ccc(O)cc1O. The van der Waals surface area contributed by atoms with Gasteiger partial charge in [0.1, 0.15) is 23.7 Å². The Morgan fingerprint density at radius 1 is 1.10 bits per heavy atom. The molecule has 0 bridgehead atoms. The highest BCUT2D eigenvalue weighted by molar-refractivity contribution is 5.86. The first-order chi connectivity index (χ1) is 14.1. The van der Waals surface area contributed by atoms with Gasteiger partial charge < -0.3 is 14.8 Å². The van der Waals surface area contributed by atoms with E-state index in [0.717, 1.165) is 11.0 Å². The molecule has 0 spiro atoms. The summed E-state index contributed by atoms with van der Waals surface area (Å²) in [7, 11) is 0. The van der Waals surface area contributed by atoms with Gasteiger partial charge in [0.05, 0.1) is 17.2 Å². The van der Waals surface area contributed by atoms with E-state index < -0.39 is 0 Å². The molecule has 0 radical (unpaired) electrons. The van der Waals surface area contributed by atoms with E-state index in [4.69, 9.17) is 0 Å². The molecule has 144 valence electrons. The van der Waals surface area contributed by atoms with Gasteiger partial charge in [-0.05, 0) is 36.4 Å². The van der Waals surface area contributed by atoms with Crippen molar-refractivity contribution in [2.75, 3.05) is 0 Å². The number of para-hydroxylation sites is 2. The standard InChI is InChI=1S/C21H17N5O3/c27-15-9-8-14(19(28)11-15)12-23-25-20(29)13-26-18-7-2-1-5-16(18)24-21(26)17-6-3-4-10-22-17/h1-12,27-28H,13H2,(H,25,29)/b23-12-. The predicted octanol–water partition coefficient (Wildman–Crippen LogP) is 2.66. The van der Waals surface area contributed by atoms with Crippen LogP contribution >= 0.6 is 0 Å². The number of hydrazone groups is 1. The Labute approximate surface area is 165 Å². The third-order valence-corrected chi connectivity index (χ3v) is 4.26. The number of aromatic hydroxyl groups is 2. The van der Waals surface area contributed by atoms with Crippen LogP contribution in [-0.4, -0.2) is 36.9 Å². The van der Waals surface area contributed by atoms with Crippen molar-refractivity contribution in [2.24, 2.45) is 5.10 Å². The summed E-state index contributed by atoms with van der Waals surface area (Å²) < 4.78 is 1.78. The van der Waals surface area contributed by atoms with E-state index in [1.165, 1.54) is 24.4 Å². The van der Waals surface area contributed by atoms with Crippen molar-refractivity contribution < 1.29 is 15.0 Å². The zero-order chi connectivity index (χ0) is 20.2. The van der Waals surface area contributed by atoms with E-state index in [1.807, 2.05) is 42.5 Å². The topological polar surface area (TPSA) is 113 Å². The van der Waals surface area contributed by atoms with Gasteiger partial charge in [0.25, 0.3) is 5.91 Å². The molecular weight excluding hydrogens is 370 g/mol. The van der Waals surface area contributed by atoms with Crippen molar-refractivity contribution in [3.63, 3.8) is 0 Å². The second-order valence-electron chi connectivity index (χ2n) is 6.26. The number of imidazole rings is 1. The summed E-state index contributed by atoms with van der Waals surface area (Å²) in [4.78, 5) is 21.4. The Bertz CT molecular complexity index is 1200. The zero-order valence-corrected chi connectivity index (χ0v) is 15.2. The smallest absolute Gasteiger partial charge is 0.260 e. The molecule has 0 aliphatic carbocycles. The molecule has 0 atom stereocenters. The Morgan fingerprint density at radius 2 is 1.93 bits per heavy atom. The van der Waals surface area contributed by atoms with Crippen molar-refractivity contribution in [1.82, 2.24) is 20.0 Å². The molecule has 2 aromatic carbocycles. The van der Waals surface area contributed by atoms with E-state index in [2.05, 4.69) is 20.5 Å². The number of benzene rings is 2. The van der Waals surface area contributed by atoms with Gasteiger partial charge in [0, 0.05) is 17.8 Å². The van der Waals surface area contributed by atoms with Gasteiger partial charge in [0.15, 0.2) is 5.82 Å². The fourth-order valence-electron chi connectivity index (χ4n) is 2.92. The number of nitrogens with one attached hydrogen (secondary N) is 1. The maximum atomic E-state index is 12.5. The van der Waals surface area contributed by atoms with Crippen molar-refractivity contribution in [1.29, 1.82) is 0 Å². The highest BCUT2D eigenvalue weighted by Gasteiger charge is 2.15. The number of aromatic nitrogens is 3. The molecule has 0 unspecified atom stereocenters. The van der Waals surface area contributed by atoms with Crippen LogP contribution in [0.2, 0.25) is 0 Å². The van der Waals surface area contributed by atoms with Crippen LogP contribution in [0.1, 0.15) is 5.56 Å². The minimum atomic E-state index is -0.361. The summed E-state index contributed by atoms with van der Waals surface area (Å²) in [6, 6.07) is 17.1. The van der Waals surface area contributed by atoms with Crippen LogP contribution < -0.4 is 5.43 Å². The van der Waals surface area contributed by atoms with Crippen LogP contribution in [0.15, 0.2) is 72.0 Å². The van der Waals surface area contributed by atoms with E-state index in [9.17, 15) is 15.0 Å². The normalized spacial score (nSPS) is 11.2. The molecule has 0 aliphatic rings. The maximum Gasteiger partial charge on any atom is 0.260 e. The van der Waals surface area contributed by atoms with Gasteiger partial charge in [-0.15, -0.1) is 0 Å². The molecule has 8 heteroatoms. The fourth-order valence-corrected chi connectivity index (χ4v) is 2.92. The molecule has 29 heavy (non-hydrogen) atoms. The number of amides is 1. The molecule has 0 fully saturated rings. The first-order valence-corrected chi connectivity index (χ1v) is 8.82. The Balaban J connectivity index is 1.57. The molecule has 0 saturated carbocycles. The number of hydrogen-bond acceptors (Lipinski definition) is 6. The van der Waals surface area contributed by atoms with Crippen molar-refractivity contribution in [2.45, 2.75) is 6.54 Å². The molecule has 0 saturated heterocycles. The lowest BCUT2D eigenvalue weighted by atomic mass is 10.2. The zero-order valence-electron chi connectivity index (χ0n) is 15.2. The van der Waals surface area contributed by atoms with Crippen molar-refractivity contribution >= 4 is 23.2 Å². The number of hydrogen-bond donors (Lipinski definition) is 3. The molecular formula is C21H17N5O3. The predicted molar refractivity (Wildman–Crippen MR) is 108 cm³/mol. The van der Waals surface area contributed by atoms with E-state index in [-0.39, 0.29) is 24.0 Å². The summed E-state index contributed by atoms with van der Waals surface area (Å²) in [5.41, 5.74) is 5.04. The first-order valence-electron chi connectivity index (χ1n) is 8.82. The van der Waals surface area contributed by atoms with Gasteiger partial charge in [-0.2, -0.15) is 5.10 Å². The van der Waals surface area contributed by atoms with E-state index >= 15 is 0 Å². The first kappa shape index (κ1) is 18.2. The molecule has 3 N–H and O–H groups in total. The Kier molecular flexibility index (Phi) is 4.90. The lowest BCUT2D eigenvalue weighted by molar-refractivity contribution is -0.121. The molecule has 0 aliphatic heterocycles. The van der Waals surface area contributed by atoms with Gasteiger partial charge in [-0.3, -0.25) is 9.78 Å². The summed E-state index contributed by atoms with van der Waals surface area (Å²) in [5, 5.41) is 23.0. The largest absolute Gasteiger partial charge is 0.508 e. The lowest BCUT2D eigenvalue weighted by Crippen LogP contribution is -2.23. The number of fused-ring (bicyclic) bond motifs is 1. The van der Waals surface area contributed by atoms with Crippen molar-refractivity contribution in [3.8, 4) is 23.0 Å². The third kappa shape index (κ3) is 3.91. The second-order valence-corrected chi connectivity index (χ2v) is 6.26. The number of carbonyl (C=O) groups is 1. The van der Waals surface area contributed by atoms with E-state index in [0.29, 0.717) is 17.1 Å². The Hall–Kier alpha value is -4.20. The maximum absolute atomic E-state index is 12.5. The number of rotatable bonds is 5. The summed E-state index contributed by atoms with van der Waals surface area (Å²) in [6.07, 6.45) is 2.98. The third-order valence-electron chi connectivity index (χ3n) is 4.26. The molecule has 8 nitrogen and oxygen atoms in total. The summed E-state index contributed by atoms with van der Waals surface area (Å²) in [6.45, 7) is -0.00861. The lowest BCUT2D eigenvalue weighted by Gasteiger charge is -2.08. The summed E-state index contributed by atoms with van der Waals surface area (Å²) in [5.74, 6) is 0.0284. The minimum absolute atomic E-state index is 0.00861. The number of carbonyl (C=O) groups excluding carboxylic acids is 1. The van der Waals surface area contributed by atoms with Crippen LogP contribution in [0.5, 0.6) is 11.5 Å². The minimum Gasteiger partial charge on any atom is -0.508 e. The van der Waals surface area contributed by atoms with Gasteiger partial charge >= 0.3 is 0 Å².